The summed E-state index contributed by atoms with van der Waals surface area (Å²) in [7, 11) is 0. The normalized spacial score (nSPS) is 15.5. The van der Waals surface area contributed by atoms with Gasteiger partial charge >= 0.3 is 0 Å². The third-order valence-electron chi connectivity index (χ3n) is 2.87. The zero-order valence-corrected chi connectivity index (χ0v) is 11.9. The van der Waals surface area contributed by atoms with E-state index in [2.05, 4.69) is 37.3 Å². The average molecular weight is 317 g/mol. The number of allylic oxidation sites excluding steroid dienone is 1. The maximum atomic E-state index is 5.89. The molecule has 0 saturated carbocycles. The first-order valence-corrected chi connectivity index (χ1v) is 7.02. The minimum atomic E-state index is 0.444. The molecule has 0 saturated heterocycles. The molecule has 0 radical (unpaired) electrons. The van der Waals surface area contributed by atoms with Gasteiger partial charge < -0.3 is 5.32 Å². The molecule has 92 valence electrons. The van der Waals surface area contributed by atoms with Crippen molar-refractivity contribution in [1.82, 2.24) is 9.97 Å². The van der Waals surface area contributed by atoms with E-state index in [0.29, 0.717) is 5.15 Å². The van der Waals surface area contributed by atoms with Gasteiger partial charge in [-0.25, -0.2) is 9.97 Å². The van der Waals surface area contributed by atoms with E-state index in [1.807, 2.05) is 0 Å². The van der Waals surface area contributed by atoms with E-state index in [9.17, 15) is 0 Å². The van der Waals surface area contributed by atoms with Crippen LogP contribution >= 0.6 is 27.5 Å². The number of aromatic nitrogens is 2. The first kappa shape index (κ1) is 12.8. The van der Waals surface area contributed by atoms with Crippen molar-refractivity contribution in [2.75, 3.05) is 11.9 Å². The third-order valence-corrected chi connectivity index (χ3v) is 4.14. The fraction of sp³-hybridized carbons (Fsp3) is 0.500. The van der Waals surface area contributed by atoms with Crippen LogP contribution in [-0.4, -0.2) is 16.5 Å². The van der Waals surface area contributed by atoms with Crippen molar-refractivity contribution < 1.29 is 0 Å². The second kappa shape index (κ2) is 6.36. The lowest BCUT2D eigenvalue weighted by Crippen LogP contribution is -2.06. The Kier molecular flexibility index (Phi) is 4.80. The topological polar surface area (TPSA) is 37.8 Å². The van der Waals surface area contributed by atoms with Crippen molar-refractivity contribution in [3.63, 3.8) is 0 Å². The van der Waals surface area contributed by atoms with Gasteiger partial charge in [-0.2, -0.15) is 0 Å². The summed E-state index contributed by atoms with van der Waals surface area (Å²) in [5, 5.41) is 3.72. The lowest BCUT2D eigenvalue weighted by atomic mass is 9.97. The van der Waals surface area contributed by atoms with Crippen LogP contribution in [0.1, 0.15) is 32.1 Å². The molecule has 0 amide bonds. The molecular weight excluding hydrogens is 302 g/mol. The van der Waals surface area contributed by atoms with Crippen molar-refractivity contribution in [3.05, 3.63) is 27.6 Å². The second-order valence-electron chi connectivity index (χ2n) is 4.11. The molecule has 0 fully saturated rings. The fourth-order valence-corrected chi connectivity index (χ4v) is 2.42. The van der Waals surface area contributed by atoms with E-state index in [-0.39, 0.29) is 0 Å². The molecule has 3 nitrogen and oxygen atoms in total. The van der Waals surface area contributed by atoms with E-state index < -0.39 is 0 Å². The number of hydrogen-bond acceptors (Lipinski definition) is 3. The van der Waals surface area contributed by atoms with Crippen LogP contribution in [0, 0.1) is 0 Å². The molecular formula is C12H15BrClN3. The summed E-state index contributed by atoms with van der Waals surface area (Å²) in [6.07, 6.45) is 10.1. The smallest absolute Gasteiger partial charge is 0.148 e. The largest absolute Gasteiger partial charge is 0.369 e. The SMILES string of the molecule is Clc1ncnc(NCCC2=CCCCC2)c1Br. The summed E-state index contributed by atoms with van der Waals surface area (Å²) < 4.78 is 0.735. The van der Waals surface area contributed by atoms with Gasteiger partial charge in [0.25, 0.3) is 0 Å². The van der Waals surface area contributed by atoms with Crippen LogP contribution < -0.4 is 5.32 Å². The molecule has 1 aromatic rings. The summed E-state index contributed by atoms with van der Waals surface area (Å²) in [6.45, 7) is 0.887. The molecule has 0 aliphatic heterocycles. The Bertz CT molecular complexity index is 420. The van der Waals surface area contributed by atoms with Gasteiger partial charge in [-0.3, -0.25) is 0 Å². The molecule has 0 aromatic carbocycles. The number of nitrogens with zero attached hydrogens (tertiary/aromatic N) is 2. The molecule has 1 aromatic heterocycles. The molecule has 0 spiro atoms. The molecule has 1 aliphatic carbocycles. The van der Waals surface area contributed by atoms with Gasteiger partial charge in [0.2, 0.25) is 0 Å². The van der Waals surface area contributed by atoms with E-state index in [1.165, 1.54) is 32.0 Å². The number of nitrogens with one attached hydrogen (secondary N) is 1. The maximum absolute atomic E-state index is 5.89. The zero-order chi connectivity index (χ0) is 12.1. The molecule has 0 bridgehead atoms. The Morgan fingerprint density at radius 2 is 2.24 bits per heavy atom. The molecule has 5 heteroatoms. The van der Waals surface area contributed by atoms with Crippen LogP contribution in [0.4, 0.5) is 5.82 Å². The average Bonchev–Trinajstić information content (AvgIpc) is 2.36. The van der Waals surface area contributed by atoms with Crippen LogP contribution in [0.2, 0.25) is 5.15 Å². The van der Waals surface area contributed by atoms with Gasteiger partial charge in [-0.15, -0.1) is 0 Å². The van der Waals surface area contributed by atoms with E-state index in [0.717, 1.165) is 23.3 Å². The molecule has 1 N–H and O–H groups in total. The minimum absolute atomic E-state index is 0.444. The molecule has 0 unspecified atom stereocenters. The van der Waals surface area contributed by atoms with Crippen molar-refractivity contribution in [1.29, 1.82) is 0 Å². The van der Waals surface area contributed by atoms with Crippen LogP contribution in [0.3, 0.4) is 0 Å². The number of anilines is 1. The summed E-state index contributed by atoms with van der Waals surface area (Å²) in [5.74, 6) is 0.765. The Labute approximate surface area is 115 Å². The Hall–Kier alpha value is -0.610. The predicted octanol–water partition coefficient (Wildman–Crippen LogP) is 4.19. The highest BCUT2D eigenvalue weighted by Crippen LogP contribution is 2.26. The lowest BCUT2D eigenvalue weighted by molar-refractivity contribution is 0.679. The van der Waals surface area contributed by atoms with E-state index >= 15 is 0 Å². The molecule has 1 heterocycles. The molecule has 0 atom stereocenters. The fourth-order valence-electron chi connectivity index (χ4n) is 1.94. The monoisotopic (exact) mass is 315 g/mol. The zero-order valence-electron chi connectivity index (χ0n) is 9.55. The van der Waals surface area contributed by atoms with Crippen molar-refractivity contribution >= 4 is 33.3 Å². The maximum Gasteiger partial charge on any atom is 0.148 e. The van der Waals surface area contributed by atoms with Crippen LogP contribution in [0.15, 0.2) is 22.4 Å². The van der Waals surface area contributed by atoms with E-state index in [4.69, 9.17) is 11.6 Å². The van der Waals surface area contributed by atoms with Crippen LogP contribution in [0.5, 0.6) is 0 Å². The number of rotatable bonds is 4. The highest BCUT2D eigenvalue weighted by atomic mass is 79.9. The summed E-state index contributed by atoms with van der Waals surface area (Å²) in [5.41, 5.74) is 1.56. The van der Waals surface area contributed by atoms with Gasteiger partial charge in [0, 0.05) is 6.54 Å². The lowest BCUT2D eigenvalue weighted by Gasteiger charge is -2.13. The van der Waals surface area contributed by atoms with Gasteiger partial charge in [-0.05, 0) is 48.0 Å². The Morgan fingerprint density at radius 1 is 1.35 bits per heavy atom. The van der Waals surface area contributed by atoms with Gasteiger partial charge in [0.15, 0.2) is 0 Å². The summed E-state index contributed by atoms with van der Waals surface area (Å²) in [6, 6.07) is 0. The Morgan fingerprint density at radius 3 is 3.00 bits per heavy atom. The summed E-state index contributed by atoms with van der Waals surface area (Å²) in [4.78, 5) is 8.04. The molecule has 17 heavy (non-hydrogen) atoms. The molecule has 2 rings (SSSR count). The van der Waals surface area contributed by atoms with Crippen molar-refractivity contribution in [3.8, 4) is 0 Å². The minimum Gasteiger partial charge on any atom is -0.369 e. The standard InChI is InChI=1S/C12H15BrClN3/c13-10-11(14)16-8-17-12(10)15-7-6-9-4-2-1-3-5-9/h4,8H,1-3,5-7H2,(H,15,16,17). The number of hydrogen-bond donors (Lipinski definition) is 1. The van der Waals surface area contributed by atoms with Crippen molar-refractivity contribution in [2.45, 2.75) is 32.1 Å². The number of halogens is 2. The highest BCUT2D eigenvalue weighted by molar-refractivity contribution is 9.10. The van der Waals surface area contributed by atoms with E-state index in [1.54, 1.807) is 5.57 Å². The van der Waals surface area contributed by atoms with Gasteiger partial charge in [-0.1, -0.05) is 23.3 Å². The first-order valence-electron chi connectivity index (χ1n) is 5.85. The van der Waals surface area contributed by atoms with Crippen LogP contribution in [-0.2, 0) is 0 Å². The van der Waals surface area contributed by atoms with Gasteiger partial charge in [0.05, 0.1) is 4.47 Å². The predicted molar refractivity (Wildman–Crippen MR) is 74.4 cm³/mol. The quantitative estimate of drug-likeness (QED) is 0.668. The van der Waals surface area contributed by atoms with Gasteiger partial charge in [0.1, 0.15) is 17.3 Å². The highest BCUT2D eigenvalue weighted by Gasteiger charge is 2.07. The first-order chi connectivity index (χ1) is 8.27. The molecule has 1 aliphatic rings. The Balaban J connectivity index is 1.85. The van der Waals surface area contributed by atoms with Crippen LogP contribution in [0.25, 0.3) is 0 Å². The second-order valence-corrected chi connectivity index (χ2v) is 5.26. The third kappa shape index (κ3) is 3.68. The summed E-state index contributed by atoms with van der Waals surface area (Å²) >= 11 is 9.26. The van der Waals surface area contributed by atoms with Crippen molar-refractivity contribution in [2.24, 2.45) is 0 Å².